The third-order valence-corrected chi connectivity index (χ3v) is 2.84. The van der Waals surface area contributed by atoms with Crippen LogP contribution in [-0.2, 0) is 9.59 Å². The number of rotatable bonds is 2. The molecule has 2 amide bonds. The highest BCUT2D eigenvalue weighted by Gasteiger charge is 2.45. The molecule has 0 radical (unpaired) electrons. The zero-order valence-corrected chi connectivity index (χ0v) is 8.52. The number of alkyl halides is 1. The highest BCUT2D eigenvalue weighted by molar-refractivity contribution is 6.37. The van der Waals surface area contributed by atoms with Crippen LogP contribution in [0.2, 0.25) is 5.82 Å². The van der Waals surface area contributed by atoms with Crippen molar-refractivity contribution in [2.45, 2.75) is 18.3 Å². The van der Waals surface area contributed by atoms with Gasteiger partial charge in [-0.1, -0.05) is 12.2 Å². The first-order valence-electron chi connectivity index (χ1n) is 5.04. The summed E-state index contributed by atoms with van der Waals surface area (Å²) in [6, 6.07) is -0.301. The Morgan fingerprint density at radius 3 is 2.87 bits per heavy atom. The average molecular weight is 210 g/mol. The number of fused-ring (bicyclic) bond motifs is 1. The molecule has 4 nitrogen and oxygen atoms in total. The minimum Gasteiger partial charge on any atom is -0.273 e. The maximum atomic E-state index is 12.3. The molecule has 0 aromatic rings. The van der Waals surface area contributed by atoms with E-state index in [2.05, 4.69) is 0 Å². The molecule has 2 rings (SSSR count). The van der Waals surface area contributed by atoms with Crippen LogP contribution in [0.3, 0.4) is 0 Å². The van der Waals surface area contributed by atoms with Crippen LogP contribution < -0.4 is 0 Å². The second kappa shape index (κ2) is 3.68. The zero-order valence-electron chi connectivity index (χ0n) is 8.52. The molecule has 15 heavy (non-hydrogen) atoms. The first-order valence-corrected chi connectivity index (χ1v) is 5.04. The number of carbonyl (C=O) groups is 2. The number of nitrogens with zero attached hydrogens (tertiary/aromatic N) is 2. The quantitative estimate of drug-likeness (QED) is 0.343. The predicted molar refractivity (Wildman–Crippen MR) is 54.4 cm³/mol. The van der Waals surface area contributed by atoms with E-state index in [0.29, 0.717) is 6.54 Å². The zero-order chi connectivity index (χ0) is 11.0. The minimum absolute atomic E-state index is 0.187. The van der Waals surface area contributed by atoms with Gasteiger partial charge in [0.2, 0.25) is 11.8 Å². The fourth-order valence-electron chi connectivity index (χ4n) is 2.00. The monoisotopic (exact) mass is 210 g/mol. The summed E-state index contributed by atoms with van der Waals surface area (Å²) in [7, 11) is 1.59. The number of carbonyl (C=O) groups excluding carboxylic acids is 2. The molecule has 2 atom stereocenters. The third-order valence-electron chi connectivity index (χ3n) is 2.84. The Hall–Kier alpha value is -1.33. The lowest BCUT2D eigenvalue weighted by Gasteiger charge is -2.35. The maximum Gasteiger partial charge on any atom is 0.246 e. The molecular weight excluding hydrogens is 198 g/mol. The third kappa shape index (κ3) is 1.44. The van der Waals surface area contributed by atoms with Crippen LogP contribution in [0.1, 0.15) is 6.42 Å². The van der Waals surface area contributed by atoms with Gasteiger partial charge in [-0.25, -0.2) is 10.0 Å². The second-order valence-electron chi connectivity index (χ2n) is 3.80. The lowest BCUT2D eigenvalue weighted by molar-refractivity contribution is -0.150. The Morgan fingerprint density at radius 1 is 1.47 bits per heavy atom. The lowest BCUT2D eigenvalue weighted by atomic mass is 9.87. The van der Waals surface area contributed by atoms with E-state index in [9.17, 15) is 14.0 Å². The molecule has 0 aliphatic carbocycles. The Kier molecular flexibility index (Phi) is 2.50. The molecule has 2 unspecified atom stereocenters. The van der Waals surface area contributed by atoms with E-state index >= 15 is 0 Å². The van der Waals surface area contributed by atoms with Gasteiger partial charge < -0.3 is 0 Å². The normalized spacial score (nSPS) is 29.9. The van der Waals surface area contributed by atoms with Crippen molar-refractivity contribution in [3.63, 3.8) is 0 Å². The molecule has 0 aromatic heterocycles. The number of hydrazine groups is 1. The van der Waals surface area contributed by atoms with Crippen molar-refractivity contribution in [3.05, 3.63) is 12.2 Å². The summed E-state index contributed by atoms with van der Waals surface area (Å²) >= 11 is 0. The summed E-state index contributed by atoms with van der Waals surface area (Å²) in [6.07, 6.45) is 3.85. The summed E-state index contributed by atoms with van der Waals surface area (Å²) < 4.78 is 12.3. The molecule has 0 bridgehead atoms. The van der Waals surface area contributed by atoms with Crippen LogP contribution in [0.4, 0.5) is 4.39 Å². The molecule has 2 aliphatic rings. The molecule has 1 saturated heterocycles. The smallest absolute Gasteiger partial charge is 0.246 e. The molecular formula is C9H12BFN2O2. The molecule has 0 aromatic carbocycles. The Balaban J connectivity index is 2.26. The molecule has 2 aliphatic heterocycles. The van der Waals surface area contributed by atoms with Gasteiger partial charge in [0, 0.05) is 6.42 Å². The lowest BCUT2D eigenvalue weighted by Crippen LogP contribution is -2.49. The van der Waals surface area contributed by atoms with Gasteiger partial charge in [-0.3, -0.25) is 14.0 Å². The summed E-state index contributed by atoms with van der Waals surface area (Å²) in [5, 5.41) is 2.81. The molecule has 1 fully saturated rings. The van der Waals surface area contributed by atoms with Gasteiger partial charge in [0.05, 0.1) is 25.1 Å². The largest absolute Gasteiger partial charge is 0.273 e. The van der Waals surface area contributed by atoms with E-state index in [1.54, 1.807) is 20.0 Å². The Bertz CT molecular complexity index is 334. The van der Waals surface area contributed by atoms with Crippen molar-refractivity contribution in [2.24, 2.45) is 0 Å². The van der Waals surface area contributed by atoms with E-state index in [0.717, 1.165) is 0 Å². The molecule has 0 N–H and O–H groups in total. The van der Waals surface area contributed by atoms with Crippen LogP contribution >= 0.6 is 0 Å². The van der Waals surface area contributed by atoms with Crippen LogP contribution in [0.15, 0.2) is 12.2 Å². The summed E-state index contributed by atoms with van der Waals surface area (Å²) in [5.74, 6) is -1.02. The van der Waals surface area contributed by atoms with Gasteiger partial charge >= 0.3 is 0 Å². The highest BCUT2D eigenvalue weighted by Crippen LogP contribution is 2.28. The van der Waals surface area contributed by atoms with Gasteiger partial charge in [0.15, 0.2) is 0 Å². The van der Waals surface area contributed by atoms with E-state index in [4.69, 9.17) is 0 Å². The average Bonchev–Trinajstić information content (AvgIpc) is 2.46. The van der Waals surface area contributed by atoms with Crippen molar-refractivity contribution < 1.29 is 14.0 Å². The van der Waals surface area contributed by atoms with Gasteiger partial charge in [0.25, 0.3) is 0 Å². The topological polar surface area (TPSA) is 40.6 Å². The maximum absolute atomic E-state index is 12.3. The highest BCUT2D eigenvalue weighted by atomic mass is 19.1. The van der Waals surface area contributed by atoms with Crippen molar-refractivity contribution in [1.29, 1.82) is 0 Å². The summed E-state index contributed by atoms with van der Waals surface area (Å²) in [4.78, 5) is 23.4. The molecule has 0 saturated carbocycles. The van der Waals surface area contributed by atoms with Gasteiger partial charge in [-0.2, -0.15) is 0 Å². The number of amides is 2. The summed E-state index contributed by atoms with van der Waals surface area (Å²) in [6.45, 7) is -0.0765. The predicted octanol–water partition coefficient (Wildman–Crippen LogP) is -0.708. The fraction of sp³-hybridized carbons (Fsp3) is 0.556. The van der Waals surface area contributed by atoms with Crippen molar-refractivity contribution in [2.75, 3.05) is 13.2 Å². The Morgan fingerprint density at radius 2 is 2.20 bits per heavy atom. The van der Waals surface area contributed by atoms with Gasteiger partial charge in [-0.05, 0) is 0 Å². The van der Waals surface area contributed by atoms with E-state index in [1.165, 1.54) is 10.0 Å². The second-order valence-corrected chi connectivity index (χ2v) is 3.80. The SMILES string of the molecule is BC1C(=O)N2CC=CC(CCF)N2C1=O. The minimum atomic E-state index is -0.619. The van der Waals surface area contributed by atoms with Crippen LogP contribution in [0.25, 0.3) is 0 Å². The van der Waals surface area contributed by atoms with Crippen molar-refractivity contribution in [3.8, 4) is 0 Å². The Labute approximate surface area is 88.1 Å². The van der Waals surface area contributed by atoms with Crippen LogP contribution in [0, 0.1) is 0 Å². The molecule has 6 heteroatoms. The number of hydrogen-bond donors (Lipinski definition) is 0. The molecule has 0 spiro atoms. The molecule has 2 heterocycles. The van der Waals surface area contributed by atoms with Crippen LogP contribution in [0.5, 0.6) is 0 Å². The number of hydrogen-bond acceptors (Lipinski definition) is 2. The van der Waals surface area contributed by atoms with E-state index < -0.39 is 12.5 Å². The van der Waals surface area contributed by atoms with Crippen LogP contribution in [-0.4, -0.2) is 48.9 Å². The fourth-order valence-corrected chi connectivity index (χ4v) is 2.00. The standard InChI is InChI=1S/C9H12BFN2O2/c10-7-8(14)12-5-1-2-6(3-4-11)13(12)9(7)15/h1-2,6-7H,3-5,10H2. The molecule has 80 valence electrons. The number of halogens is 1. The van der Waals surface area contributed by atoms with Gasteiger partial charge in [-0.15, -0.1) is 0 Å². The first kappa shape index (κ1) is 10.2. The van der Waals surface area contributed by atoms with E-state index in [-0.39, 0.29) is 24.3 Å². The first-order chi connectivity index (χ1) is 7.16. The van der Waals surface area contributed by atoms with E-state index in [1.807, 2.05) is 0 Å². The van der Waals surface area contributed by atoms with Gasteiger partial charge in [0.1, 0.15) is 7.85 Å². The summed E-state index contributed by atoms with van der Waals surface area (Å²) in [5.41, 5.74) is 0. The van der Waals surface area contributed by atoms with Crippen molar-refractivity contribution >= 4 is 19.7 Å². The van der Waals surface area contributed by atoms with Crippen molar-refractivity contribution in [1.82, 2.24) is 10.0 Å².